The average Bonchev–Trinajstić information content (AvgIpc) is 3.27. The first-order valence-corrected chi connectivity index (χ1v) is 9.34. The molecule has 1 heterocycles. The Balaban J connectivity index is 2.02. The summed E-state index contributed by atoms with van der Waals surface area (Å²) in [5.41, 5.74) is 0.0863. The summed E-state index contributed by atoms with van der Waals surface area (Å²) in [6, 6.07) is 0.300. The first kappa shape index (κ1) is 18.7. The highest BCUT2D eigenvalue weighted by Crippen LogP contribution is 2.38. The maximum absolute atomic E-state index is 13.0. The second kappa shape index (κ2) is 7.52. The van der Waals surface area contributed by atoms with Crippen LogP contribution in [0.15, 0.2) is 0 Å². The SMILES string of the molecule is C[C@@H](C(=O)N(C[C@H](O)CC(C)(C)C)C1CCN(C)CC1)C1CC1. The van der Waals surface area contributed by atoms with Gasteiger partial charge in [0, 0.05) is 18.5 Å². The molecule has 1 saturated heterocycles. The van der Waals surface area contributed by atoms with Gasteiger partial charge in [-0.25, -0.2) is 0 Å². The van der Waals surface area contributed by atoms with Crippen molar-refractivity contribution >= 4 is 5.91 Å². The van der Waals surface area contributed by atoms with E-state index in [9.17, 15) is 9.90 Å². The molecule has 0 bridgehead atoms. The van der Waals surface area contributed by atoms with E-state index in [4.69, 9.17) is 0 Å². The van der Waals surface area contributed by atoms with Gasteiger partial charge in [-0.3, -0.25) is 4.79 Å². The molecule has 1 N–H and O–H groups in total. The molecule has 0 radical (unpaired) electrons. The number of rotatable bonds is 6. The van der Waals surface area contributed by atoms with E-state index in [1.165, 1.54) is 12.8 Å². The molecule has 1 aliphatic carbocycles. The smallest absolute Gasteiger partial charge is 0.226 e. The Kier molecular flexibility index (Phi) is 6.12. The molecule has 2 aliphatic rings. The largest absolute Gasteiger partial charge is 0.391 e. The molecule has 1 aliphatic heterocycles. The fourth-order valence-electron chi connectivity index (χ4n) is 3.78. The third-order valence-electron chi connectivity index (χ3n) is 5.39. The fourth-order valence-corrected chi connectivity index (χ4v) is 3.78. The van der Waals surface area contributed by atoms with Crippen molar-refractivity contribution in [3.8, 4) is 0 Å². The van der Waals surface area contributed by atoms with Crippen molar-refractivity contribution in [3.05, 3.63) is 0 Å². The minimum Gasteiger partial charge on any atom is -0.391 e. The lowest BCUT2D eigenvalue weighted by atomic mass is 9.88. The lowest BCUT2D eigenvalue weighted by Gasteiger charge is -2.40. The molecule has 0 aromatic carbocycles. The van der Waals surface area contributed by atoms with Crippen LogP contribution in [0.3, 0.4) is 0 Å². The summed E-state index contributed by atoms with van der Waals surface area (Å²) >= 11 is 0. The highest BCUT2D eigenvalue weighted by atomic mass is 16.3. The van der Waals surface area contributed by atoms with E-state index in [0.717, 1.165) is 32.4 Å². The van der Waals surface area contributed by atoms with E-state index in [2.05, 4.69) is 39.6 Å². The summed E-state index contributed by atoms with van der Waals surface area (Å²) in [5.74, 6) is 0.975. The molecule has 2 atom stereocenters. The number of carbonyl (C=O) groups excluding carboxylic acids is 1. The van der Waals surface area contributed by atoms with Crippen LogP contribution in [0, 0.1) is 17.3 Å². The van der Waals surface area contributed by atoms with Crippen molar-refractivity contribution in [2.75, 3.05) is 26.7 Å². The molecule has 2 rings (SSSR count). The first-order chi connectivity index (χ1) is 10.7. The number of amides is 1. The first-order valence-electron chi connectivity index (χ1n) is 9.34. The van der Waals surface area contributed by atoms with Crippen LogP contribution < -0.4 is 0 Å². The highest BCUT2D eigenvalue weighted by molar-refractivity contribution is 5.79. The van der Waals surface area contributed by atoms with E-state index in [1.807, 2.05) is 4.90 Å². The molecule has 2 fully saturated rings. The molecule has 0 unspecified atom stereocenters. The molecule has 1 amide bonds. The number of hydrogen-bond acceptors (Lipinski definition) is 3. The van der Waals surface area contributed by atoms with Crippen molar-refractivity contribution in [2.24, 2.45) is 17.3 Å². The van der Waals surface area contributed by atoms with E-state index in [-0.39, 0.29) is 17.2 Å². The Morgan fingerprint density at radius 1 is 1.22 bits per heavy atom. The van der Waals surface area contributed by atoms with Crippen molar-refractivity contribution in [2.45, 2.75) is 71.9 Å². The van der Waals surface area contributed by atoms with Gasteiger partial charge in [-0.1, -0.05) is 27.7 Å². The number of aliphatic hydroxyl groups excluding tert-OH is 1. The molecular formula is C19H36N2O2. The Bertz CT molecular complexity index is 393. The quantitative estimate of drug-likeness (QED) is 0.817. The molecule has 4 heteroatoms. The van der Waals surface area contributed by atoms with Crippen molar-refractivity contribution in [3.63, 3.8) is 0 Å². The lowest BCUT2D eigenvalue weighted by Crippen LogP contribution is -2.51. The zero-order valence-corrected chi connectivity index (χ0v) is 15.7. The number of likely N-dealkylation sites (tertiary alicyclic amines) is 1. The zero-order valence-electron chi connectivity index (χ0n) is 15.7. The van der Waals surface area contributed by atoms with Crippen LogP contribution in [0.1, 0.15) is 59.8 Å². The molecule has 0 aromatic heterocycles. The summed E-state index contributed by atoms with van der Waals surface area (Å²) in [6.07, 6.45) is 4.76. The minimum atomic E-state index is -0.426. The lowest BCUT2D eigenvalue weighted by molar-refractivity contribution is -0.141. The Morgan fingerprint density at radius 2 is 1.78 bits per heavy atom. The average molecular weight is 325 g/mol. The Morgan fingerprint density at radius 3 is 2.26 bits per heavy atom. The molecule has 134 valence electrons. The minimum absolute atomic E-state index is 0.0863. The number of hydrogen-bond donors (Lipinski definition) is 1. The molecule has 1 saturated carbocycles. The van der Waals surface area contributed by atoms with Gasteiger partial charge in [0.2, 0.25) is 5.91 Å². The maximum atomic E-state index is 13.0. The predicted molar refractivity (Wildman–Crippen MR) is 94.2 cm³/mol. The van der Waals surface area contributed by atoms with Gasteiger partial charge in [0.15, 0.2) is 0 Å². The monoisotopic (exact) mass is 324 g/mol. The summed E-state index contributed by atoms with van der Waals surface area (Å²) in [5, 5.41) is 10.5. The van der Waals surface area contributed by atoms with Crippen molar-refractivity contribution < 1.29 is 9.90 Å². The number of nitrogens with zero attached hydrogens (tertiary/aromatic N) is 2. The van der Waals surface area contributed by atoms with Crippen LogP contribution in [0.5, 0.6) is 0 Å². The summed E-state index contributed by atoms with van der Waals surface area (Å²) in [7, 11) is 2.14. The molecular weight excluding hydrogens is 288 g/mol. The van der Waals surface area contributed by atoms with Crippen LogP contribution in [0.2, 0.25) is 0 Å². The van der Waals surface area contributed by atoms with Gasteiger partial charge in [-0.05, 0) is 63.6 Å². The molecule has 0 spiro atoms. The van der Waals surface area contributed by atoms with Gasteiger partial charge in [-0.15, -0.1) is 0 Å². The summed E-state index contributed by atoms with van der Waals surface area (Å²) < 4.78 is 0. The van der Waals surface area contributed by atoms with E-state index < -0.39 is 6.10 Å². The van der Waals surface area contributed by atoms with Crippen LogP contribution in [-0.2, 0) is 4.79 Å². The maximum Gasteiger partial charge on any atom is 0.226 e. The standard InChI is InChI=1S/C19H36N2O2/c1-14(15-6-7-15)18(23)21(13-17(22)12-19(2,3)4)16-8-10-20(5)11-9-16/h14-17,22H,6-13H2,1-5H3/t14-,17-/m1/s1. The molecule has 0 aromatic rings. The van der Waals surface area contributed by atoms with E-state index in [1.54, 1.807) is 0 Å². The number of aliphatic hydroxyl groups is 1. The van der Waals surface area contributed by atoms with Gasteiger partial charge in [0.25, 0.3) is 0 Å². The van der Waals surface area contributed by atoms with Gasteiger partial charge in [0.05, 0.1) is 6.10 Å². The van der Waals surface area contributed by atoms with Gasteiger partial charge in [0.1, 0.15) is 0 Å². The third kappa shape index (κ3) is 5.75. The van der Waals surface area contributed by atoms with E-state index in [0.29, 0.717) is 18.5 Å². The third-order valence-corrected chi connectivity index (χ3v) is 5.39. The molecule has 23 heavy (non-hydrogen) atoms. The van der Waals surface area contributed by atoms with Gasteiger partial charge in [-0.2, -0.15) is 0 Å². The van der Waals surface area contributed by atoms with E-state index >= 15 is 0 Å². The van der Waals surface area contributed by atoms with Gasteiger partial charge < -0.3 is 14.9 Å². The van der Waals surface area contributed by atoms with Crippen molar-refractivity contribution in [1.82, 2.24) is 9.80 Å². The van der Waals surface area contributed by atoms with Gasteiger partial charge >= 0.3 is 0 Å². The van der Waals surface area contributed by atoms with Crippen LogP contribution in [0.4, 0.5) is 0 Å². The zero-order chi connectivity index (χ0) is 17.2. The Hall–Kier alpha value is -0.610. The summed E-state index contributed by atoms with van der Waals surface area (Å²) in [4.78, 5) is 17.4. The fraction of sp³-hybridized carbons (Fsp3) is 0.947. The highest BCUT2D eigenvalue weighted by Gasteiger charge is 2.38. The van der Waals surface area contributed by atoms with Crippen LogP contribution in [-0.4, -0.2) is 59.6 Å². The topological polar surface area (TPSA) is 43.8 Å². The van der Waals surface area contributed by atoms with Crippen LogP contribution >= 0.6 is 0 Å². The van der Waals surface area contributed by atoms with Crippen LogP contribution in [0.25, 0.3) is 0 Å². The predicted octanol–water partition coefficient (Wildman–Crippen LogP) is 2.75. The normalized spacial score (nSPS) is 23.6. The molecule has 4 nitrogen and oxygen atoms in total. The number of piperidine rings is 1. The Labute approximate surface area is 142 Å². The second-order valence-electron chi connectivity index (χ2n) is 9.07. The van der Waals surface area contributed by atoms with Crippen molar-refractivity contribution in [1.29, 1.82) is 0 Å². The second-order valence-corrected chi connectivity index (χ2v) is 9.07. The summed E-state index contributed by atoms with van der Waals surface area (Å²) in [6.45, 7) is 11.1. The number of carbonyl (C=O) groups is 1.